The molecule has 0 aliphatic heterocycles. The van der Waals surface area contributed by atoms with Crippen molar-refractivity contribution in [1.82, 2.24) is 19.9 Å². The van der Waals surface area contributed by atoms with Gasteiger partial charge in [-0.3, -0.25) is 9.58 Å². The van der Waals surface area contributed by atoms with E-state index in [1.54, 1.807) is 11.8 Å². The molecule has 1 heterocycles. The van der Waals surface area contributed by atoms with E-state index < -0.39 is 0 Å². The lowest BCUT2D eigenvalue weighted by atomic mass is 10.2. The molecule has 0 aliphatic carbocycles. The Morgan fingerprint density at radius 1 is 1.50 bits per heavy atom. The third-order valence-corrected chi connectivity index (χ3v) is 2.56. The van der Waals surface area contributed by atoms with Crippen LogP contribution in [0, 0.1) is 5.92 Å². The molecule has 2 N–H and O–H groups in total. The quantitative estimate of drug-likeness (QED) is 0.689. The van der Waals surface area contributed by atoms with Crippen molar-refractivity contribution in [3.05, 3.63) is 11.9 Å². The highest BCUT2D eigenvalue weighted by Gasteiger charge is 2.10. The fraction of sp³-hybridized carbons (Fsp3) is 0.833. The first-order chi connectivity index (χ1) is 8.65. The van der Waals surface area contributed by atoms with Crippen molar-refractivity contribution >= 4 is 0 Å². The summed E-state index contributed by atoms with van der Waals surface area (Å²) >= 11 is 0. The van der Waals surface area contributed by atoms with Gasteiger partial charge in [-0.2, -0.15) is 0 Å². The minimum absolute atomic E-state index is 0.585. The first-order valence-electron chi connectivity index (χ1n) is 6.46. The molecule has 0 fully saturated rings. The number of rotatable bonds is 9. The Balaban J connectivity index is 2.51. The highest BCUT2D eigenvalue weighted by molar-refractivity contribution is 4.92. The van der Waals surface area contributed by atoms with Gasteiger partial charge >= 0.3 is 0 Å². The number of hydrogen-bond acceptors (Lipinski definition) is 5. The van der Waals surface area contributed by atoms with Crippen LogP contribution in [-0.2, 0) is 17.8 Å². The number of aromatic nitrogens is 3. The molecular weight excluding hydrogens is 230 g/mol. The Morgan fingerprint density at radius 3 is 2.89 bits per heavy atom. The van der Waals surface area contributed by atoms with Gasteiger partial charge < -0.3 is 10.5 Å². The van der Waals surface area contributed by atoms with E-state index in [0.29, 0.717) is 12.5 Å². The molecule has 0 amide bonds. The van der Waals surface area contributed by atoms with Crippen LogP contribution in [0.15, 0.2) is 6.20 Å². The van der Waals surface area contributed by atoms with Crippen molar-refractivity contribution < 1.29 is 4.74 Å². The van der Waals surface area contributed by atoms with E-state index in [2.05, 4.69) is 29.1 Å². The second-order valence-corrected chi connectivity index (χ2v) is 4.88. The Hall–Kier alpha value is -0.980. The SMILES string of the molecule is COCCN(Cc1cn(CCN)nn1)CC(C)C. The molecule has 6 nitrogen and oxygen atoms in total. The second kappa shape index (κ2) is 8.18. The van der Waals surface area contributed by atoms with Crippen molar-refractivity contribution in [2.45, 2.75) is 26.9 Å². The van der Waals surface area contributed by atoms with Crippen LogP contribution in [-0.4, -0.2) is 53.2 Å². The third-order valence-electron chi connectivity index (χ3n) is 2.56. The zero-order valence-electron chi connectivity index (χ0n) is 11.7. The molecule has 1 rings (SSSR count). The normalized spacial score (nSPS) is 11.7. The van der Waals surface area contributed by atoms with E-state index in [-0.39, 0.29) is 0 Å². The maximum absolute atomic E-state index is 5.49. The molecule has 0 saturated carbocycles. The van der Waals surface area contributed by atoms with Gasteiger partial charge in [-0.25, -0.2) is 0 Å². The average molecular weight is 255 g/mol. The lowest BCUT2D eigenvalue weighted by Gasteiger charge is -2.22. The number of ether oxygens (including phenoxy) is 1. The first kappa shape index (κ1) is 15.1. The summed E-state index contributed by atoms with van der Waals surface area (Å²) in [7, 11) is 1.73. The standard InChI is InChI=1S/C12H25N5O/c1-11(2)8-16(6-7-18-3)9-12-10-17(5-4-13)15-14-12/h10-11H,4-9,13H2,1-3H3. The summed E-state index contributed by atoms with van der Waals surface area (Å²) < 4.78 is 6.93. The number of nitrogens with two attached hydrogens (primary N) is 1. The maximum atomic E-state index is 5.49. The molecule has 1 aromatic heterocycles. The van der Waals surface area contributed by atoms with E-state index in [1.165, 1.54) is 0 Å². The van der Waals surface area contributed by atoms with Gasteiger partial charge in [-0.05, 0) is 5.92 Å². The van der Waals surface area contributed by atoms with Crippen LogP contribution in [0.25, 0.3) is 0 Å². The lowest BCUT2D eigenvalue weighted by Crippen LogP contribution is -2.30. The molecule has 0 unspecified atom stereocenters. The molecule has 104 valence electrons. The summed E-state index contributed by atoms with van der Waals surface area (Å²) in [6.07, 6.45) is 1.97. The Bertz CT molecular complexity index is 326. The van der Waals surface area contributed by atoms with E-state index in [9.17, 15) is 0 Å². The van der Waals surface area contributed by atoms with Crippen molar-refractivity contribution in [2.75, 3.05) is 33.4 Å². The molecule has 1 aromatic rings. The van der Waals surface area contributed by atoms with Crippen LogP contribution in [0.3, 0.4) is 0 Å². The van der Waals surface area contributed by atoms with Crippen LogP contribution >= 0.6 is 0 Å². The number of nitrogens with zero attached hydrogens (tertiary/aromatic N) is 4. The second-order valence-electron chi connectivity index (χ2n) is 4.88. The van der Waals surface area contributed by atoms with Crippen molar-refractivity contribution in [2.24, 2.45) is 11.7 Å². The summed E-state index contributed by atoms with van der Waals surface area (Å²) in [4.78, 5) is 2.34. The molecule has 0 radical (unpaired) electrons. The van der Waals surface area contributed by atoms with Crippen LogP contribution in [0.4, 0.5) is 0 Å². The largest absolute Gasteiger partial charge is 0.383 e. The van der Waals surface area contributed by atoms with Gasteiger partial charge in [-0.1, -0.05) is 19.1 Å². The molecule has 0 bridgehead atoms. The van der Waals surface area contributed by atoms with Gasteiger partial charge in [0.15, 0.2) is 0 Å². The zero-order valence-corrected chi connectivity index (χ0v) is 11.7. The first-order valence-corrected chi connectivity index (χ1v) is 6.46. The number of methoxy groups -OCH3 is 1. The monoisotopic (exact) mass is 255 g/mol. The smallest absolute Gasteiger partial charge is 0.0967 e. The van der Waals surface area contributed by atoms with Crippen molar-refractivity contribution in [3.63, 3.8) is 0 Å². The molecule has 18 heavy (non-hydrogen) atoms. The van der Waals surface area contributed by atoms with Crippen molar-refractivity contribution in [1.29, 1.82) is 0 Å². The highest BCUT2D eigenvalue weighted by atomic mass is 16.5. The fourth-order valence-corrected chi connectivity index (χ4v) is 1.85. The van der Waals surface area contributed by atoms with Gasteiger partial charge in [0.2, 0.25) is 0 Å². The van der Waals surface area contributed by atoms with Gasteiger partial charge in [0, 0.05) is 39.5 Å². The van der Waals surface area contributed by atoms with E-state index in [0.717, 1.165) is 38.5 Å². The Labute approximate surface area is 109 Å². The average Bonchev–Trinajstić information content (AvgIpc) is 2.73. The molecule has 0 aliphatic rings. The summed E-state index contributed by atoms with van der Waals surface area (Å²) in [6, 6.07) is 0. The summed E-state index contributed by atoms with van der Waals surface area (Å²) in [5.74, 6) is 0.626. The summed E-state index contributed by atoms with van der Waals surface area (Å²) in [5, 5.41) is 8.21. The van der Waals surface area contributed by atoms with Gasteiger partial charge in [-0.15, -0.1) is 5.10 Å². The molecule has 6 heteroatoms. The molecular formula is C12H25N5O. The predicted octanol–water partition coefficient (Wildman–Crippen LogP) is 0.341. The van der Waals surface area contributed by atoms with E-state index >= 15 is 0 Å². The molecule has 0 saturated heterocycles. The van der Waals surface area contributed by atoms with Gasteiger partial charge in [0.25, 0.3) is 0 Å². The highest BCUT2D eigenvalue weighted by Crippen LogP contribution is 2.04. The molecule has 0 atom stereocenters. The van der Waals surface area contributed by atoms with Crippen LogP contribution < -0.4 is 5.73 Å². The zero-order chi connectivity index (χ0) is 13.4. The van der Waals surface area contributed by atoms with Crippen LogP contribution in [0.1, 0.15) is 19.5 Å². The van der Waals surface area contributed by atoms with Gasteiger partial charge in [0.1, 0.15) is 0 Å². The molecule has 0 spiro atoms. The van der Waals surface area contributed by atoms with Gasteiger partial charge in [0.05, 0.1) is 18.8 Å². The lowest BCUT2D eigenvalue weighted by molar-refractivity contribution is 0.135. The number of hydrogen-bond donors (Lipinski definition) is 1. The fourth-order valence-electron chi connectivity index (χ4n) is 1.85. The third kappa shape index (κ3) is 5.57. The topological polar surface area (TPSA) is 69.2 Å². The summed E-state index contributed by atoms with van der Waals surface area (Å²) in [5.41, 5.74) is 6.47. The molecule has 0 aromatic carbocycles. The van der Waals surface area contributed by atoms with Crippen LogP contribution in [0.5, 0.6) is 0 Å². The Kier molecular flexibility index (Phi) is 6.85. The minimum Gasteiger partial charge on any atom is -0.383 e. The van der Waals surface area contributed by atoms with E-state index in [4.69, 9.17) is 10.5 Å². The summed E-state index contributed by atoms with van der Waals surface area (Å²) in [6.45, 7) is 9.23. The predicted molar refractivity (Wildman–Crippen MR) is 71.1 cm³/mol. The van der Waals surface area contributed by atoms with Crippen LogP contribution in [0.2, 0.25) is 0 Å². The maximum Gasteiger partial charge on any atom is 0.0967 e. The Morgan fingerprint density at radius 2 is 2.28 bits per heavy atom. The van der Waals surface area contributed by atoms with E-state index in [1.807, 2.05) is 6.20 Å². The minimum atomic E-state index is 0.585. The van der Waals surface area contributed by atoms with Crippen molar-refractivity contribution in [3.8, 4) is 0 Å².